The van der Waals surface area contributed by atoms with Crippen molar-refractivity contribution in [1.29, 1.82) is 0 Å². The van der Waals surface area contributed by atoms with E-state index in [1.165, 1.54) is 11.1 Å². The van der Waals surface area contributed by atoms with Gasteiger partial charge in [-0.2, -0.15) is 0 Å². The zero-order valence-corrected chi connectivity index (χ0v) is 12.3. The average Bonchev–Trinajstić information content (AvgIpc) is 2.39. The second-order valence-corrected chi connectivity index (χ2v) is 6.28. The Morgan fingerprint density at radius 3 is 2.38 bits per heavy atom. The van der Waals surface area contributed by atoms with Gasteiger partial charge in [0, 0.05) is 5.03 Å². The molecule has 0 saturated carbocycles. The van der Waals surface area contributed by atoms with Gasteiger partial charge in [-0.15, -0.1) is 12.6 Å². The van der Waals surface area contributed by atoms with E-state index in [4.69, 9.17) is 11.6 Å². The van der Waals surface area contributed by atoms with Crippen molar-refractivity contribution < 1.29 is 0 Å². The van der Waals surface area contributed by atoms with E-state index < -0.39 is 0 Å². The fourth-order valence-corrected chi connectivity index (χ4v) is 2.53. The zero-order valence-electron chi connectivity index (χ0n) is 10.7. The standard InChI is InChI=1S/C13H22ClNS/c1-9(13(2,3)4)12(14)10-5-7-15-8-6-11(10)16/h15-16H,5-8H2,1-4H3/b12-9-. The number of nitrogens with one attached hydrogen (secondary N) is 1. The third-order valence-electron chi connectivity index (χ3n) is 3.16. The van der Waals surface area contributed by atoms with Crippen LogP contribution in [0.15, 0.2) is 21.1 Å². The van der Waals surface area contributed by atoms with Crippen LogP contribution in [0.5, 0.6) is 0 Å². The van der Waals surface area contributed by atoms with Crippen LogP contribution >= 0.6 is 24.2 Å². The Labute approximate surface area is 110 Å². The third-order valence-corrected chi connectivity index (χ3v) is 4.16. The van der Waals surface area contributed by atoms with Crippen LogP contribution in [-0.4, -0.2) is 13.1 Å². The molecule has 0 atom stereocenters. The summed E-state index contributed by atoms with van der Waals surface area (Å²) < 4.78 is 0. The van der Waals surface area contributed by atoms with Crippen LogP contribution in [0.2, 0.25) is 0 Å². The Bertz CT molecular complexity index is 323. The SMILES string of the molecule is C/C(=C(/Cl)C1=C(S)CCNCC1)C(C)(C)C. The van der Waals surface area contributed by atoms with Crippen LogP contribution < -0.4 is 5.32 Å². The van der Waals surface area contributed by atoms with E-state index in [-0.39, 0.29) is 5.41 Å². The fourth-order valence-electron chi connectivity index (χ4n) is 1.63. The molecule has 1 N–H and O–H groups in total. The highest BCUT2D eigenvalue weighted by Crippen LogP contribution is 2.36. The van der Waals surface area contributed by atoms with E-state index in [9.17, 15) is 0 Å². The second kappa shape index (κ2) is 5.61. The predicted octanol–water partition coefficient (Wildman–Crippen LogP) is 4.11. The molecule has 92 valence electrons. The predicted molar refractivity (Wildman–Crippen MR) is 76.1 cm³/mol. The van der Waals surface area contributed by atoms with E-state index in [1.807, 2.05) is 0 Å². The molecule has 1 rings (SSSR count). The molecule has 1 aliphatic rings. The first kappa shape index (κ1) is 14.1. The molecule has 16 heavy (non-hydrogen) atoms. The first-order valence-corrected chi connectivity index (χ1v) is 6.65. The molecule has 0 aromatic carbocycles. The summed E-state index contributed by atoms with van der Waals surface area (Å²) in [6.45, 7) is 10.7. The topological polar surface area (TPSA) is 12.0 Å². The number of halogens is 1. The van der Waals surface area contributed by atoms with Crippen LogP contribution in [-0.2, 0) is 0 Å². The second-order valence-electron chi connectivity index (χ2n) is 5.36. The summed E-state index contributed by atoms with van der Waals surface area (Å²) in [7, 11) is 0. The Morgan fingerprint density at radius 1 is 1.25 bits per heavy atom. The molecule has 3 heteroatoms. The van der Waals surface area contributed by atoms with Crippen molar-refractivity contribution in [3.05, 3.63) is 21.1 Å². The lowest BCUT2D eigenvalue weighted by Gasteiger charge is -2.23. The fraction of sp³-hybridized carbons (Fsp3) is 0.692. The molecule has 1 nitrogen and oxygen atoms in total. The Hall–Kier alpha value is 0.0800. The highest BCUT2D eigenvalue weighted by atomic mass is 35.5. The molecule has 0 aliphatic carbocycles. The minimum absolute atomic E-state index is 0.123. The minimum atomic E-state index is 0.123. The van der Waals surface area contributed by atoms with Gasteiger partial charge in [-0.25, -0.2) is 0 Å². The molecule has 0 bridgehead atoms. The van der Waals surface area contributed by atoms with Crippen molar-refractivity contribution >= 4 is 24.2 Å². The van der Waals surface area contributed by atoms with Gasteiger partial charge in [0.1, 0.15) is 0 Å². The number of allylic oxidation sites excluding steroid dienone is 2. The maximum atomic E-state index is 6.51. The van der Waals surface area contributed by atoms with Gasteiger partial charge >= 0.3 is 0 Å². The van der Waals surface area contributed by atoms with Gasteiger partial charge < -0.3 is 5.32 Å². The summed E-state index contributed by atoms with van der Waals surface area (Å²) in [5.74, 6) is 0. The molecular weight excluding hydrogens is 238 g/mol. The lowest BCUT2D eigenvalue weighted by Crippen LogP contribution is -2.14. The Morgan fingerprint density at radius 2 is 1.81 bits per heavy atom. The first-order valence-electron chi connectivity index (χ1n) is 5.83. The molecule has 0 radical (unpaired) electrons. The van der Waals surface area contributed by atoms with Crippen LogP contribution in [0, 0.1) is 5.41 Å². The third kappa shape index (κ3) is 3.54. The van der Waals surface area contributed by atoms with Crippen molar-refractivity contribution in [1.82, 2.24) is 5.32 Å². The minimum Gasteiger partial charge on any atom is -0.316 e. The highest BCUT2D eigenvalue weighted by Gasteiger charge is 2.20. The number of hydrogen-bond donors (Lipinski definition) is 2. The Kier molecular flexibility index (Phi) is 4.96. The van der Waals surface area contributed by atoms with Gasteiger partial charge in [0.25, 0.3) is 0 Å². The van der Waals surface area contributed by atoms with Crippen molar-refractivity contribution in [2.45, 2.75) is 40.5 Å². The molecule has 1 heterocycles. The molecule has 0 saturated heterocycles. The average molecular weight is 260 g/mol. The molecule has 0 aromatic heterocycles. The van der Waals surface area contributed by atoms with Gasteiger partial charge in [0.15, 0.2) is 0 Å². The lowest BCUT2D eigenvalue weighted by atomic mass is 9.86. The van der Waals surface area contributed by atoms with Crippen LogP contribution in [0.1, 0.15) is 40.5 Å². The molecule has 0 unspecified atom stereocenters. The summed E-state index contributed by atoms with van der Waals surface area (Å²) in [5, 5.41) is 4.29. The molecule has 0 aromatic rings. The van der Waals surface area contributed by atoms with Crippen LogP contribution in [0.25, 0.3) is 0 Å². The maximum Gasteiger partial charge on any atom is 0.0440 e. The molecule has 1 aliphatic heterocycles. The van der Waals surface area contributed by atoms with Gasteiger partial charge in [0.05, 0.1) is 0 Å². The first-order chi connectivity index (χ1) is 7.34. The van der Waals surface area contributed by atoms with E-state index in [0.29, 0.717) is 0 Å². The Balaban J connectivity index is 3.07. The quantitative estimate of drug-likeness (QED) is 0.676. The van der Waals surface area contributed by atoms with Crippen LogP contribution in [0.3, 0.4) is 0 Å². The largest absolute Gasteiger partial charge is 0.316 e. The monoisotopic (exact) mass is 259 g/mol. The van der Waals surface area contributed by atoms with Crippen molar-refractivity contribution in [3.8, 4) is 0 Å². The zero-order chi connectivity index (χ0) is 12.3. The van der Waals surface area contributed by atoms with Crippen molar-refractivity contribution in [3.63, 3.8) is 0 Å². The summed E-state index contributed by atoms with van der Waals surface area (Å²) in [6, 6.07) is 0. The maximum absolute atomic E-state index is 6.51. The molecule has 0 fully saturated rings. The smallest absolute Gasteiger partial charge is 0.0440 e. The van der Waals surface area contributed by atoms with E-state index in [1.54, 1.807) is 0 Å². The number of thiol groups is 1. The van der Waals surface area contributed by atoms with Gasteiger partial charge in [-0.05, 0) is 54.3 Å². The summed E-state index contributed by atoms with van der Waals surface area (Å²) >= 11 is 11.1. The van der Waals surface area contributed by atoms with Gasteiger partial charge in [0.2, 0.25) is 0 Å². The summed E-state index contributed by atoms with van der Waals surface area (Å²) in [5.41, 5.74) is 2.60. The van der Waals surface area contributed by atoms with Crippen molar-refractivity contribution in [2.24, 2.45) is 5.41 Å². The van der Waals surface area contributed by atoms with E-state index in [0.717, 1.165) is 35.9 Å². The van der Waals surface area contributed by atoms with E-state index in [2.05, 4.69) is 45.6 Å². The molecule has 0 spiro atoms. The van der Waals surface area contributed by atoms with E-state index >= 15 is 0 Å². The highest BCUT2D eigenvalue weighted by molar-refractivity contribution is 7.84. The van der Waals surface area contributed by atoms with Crippen molar-refractivity contribution in [2.75, 3.05) is 13.1 Å². The lowest BCUT2D eigenvalue weighted by molar-refractivity contribution is 0.502. The molecular formula is C13H22ClNS. The van der Waals surface area contributed by atoms with Crippen LogP contribution in [0.4, 0.5) is 0 Å². The number of rotatable bonds is 1. The van der Waals surface area contributed by atoms with Gasteiger partial charge in [-0.3, -0.25) is 0 Å². The van der Waals surface area contributed by atoms with Gasteiger partial charge in [-0.1, -0.05) is 32.4 Å². The normalized spacial score (nSPS) is 20.6. The number of hydrogen-bond acceptors (Lipinski definition) is 2. The summed E-state index contributed by atoms with van der Waals surface area (Å²) in [4.78, 5) is 1.14. The molecule has 0 amide bonds. The summed E-state index contributed by atoms with van der Waals surface area (Å²) in [6.07, 6.45) is 1.96.